The second-order valence-corrected chi connectivity index (χ2v) is 7.90. The fourth-order valence-corrected chi connectivity index (χ4v) is 3.66. The second kappa shape index (κ2) is 6.37. The zero-order valence-corrected chi connectivity index (χ0v) is 14.1. The third kappa shape index (κ3) is 3.86. The first-order chi connectivity index (χ1) is 10.2. The van der Waals surface area contributed by atoms with Crippen LogP contribution in [0, 0.1) is 0 Å². The average Bonchev–Trinajstić information content (AvgIpc) is 2.71. The summed E-state index contributed by atoms with van der Waals surface area (Å²) in [5.74, 6) is -0.902. The van der Waals surface area contributed by atoms with Gasteiger partial charge in [0.25, 0.3) is 16.0 Å². The maximum atomic E-state index is 12.4. The first kappa shape index (κ1) is 16.9. The lowest BCUT2D eigenvalue weighted by Crippen LogP contribution is -2.32. The van der Waals surface area contributed by atoms with Crippen LogP contribution in [0.1, 0.15) is 12.5 Å². The van der Waals surface area contributed by atoms with E-state index in [2.05, 4.69) is 0 Å². The monoisotopic (exact) mass is 358 g/mol. The molecule has 1 amide bonds. The van der Waals surface area contributed by atoms with Crippen molar-refractivity contribution >= 4 is 55.6 Å². The normalized spacial score (nSPS) is 18.0. The van der Waals surface area contributed by atoms with Gasteiger partial charge in [0.1, 0.15) is 4.32 Å². The zero-order chi connectivity index (χ0) is 16.5. The number of thiocarbonyl (C=S) groups is 1. The first-order valence-electron chi connectivity index (χ1n) is 6.24. The molecule has 22 heavy (non-hydrogen) atoms. The lowest BCUT2D eigenvalue weighted by atomic mass is 10.1. The van der Waals surface area contributed by atoms with Crippen LogP contribution in [0.2, 0.25) is 0 Å². The van der Waals surface area contributed by atoms with Crippen molar-refractivity contribution in [3.63, 3.8) is 0 Å². The van der Waals surface area contributed by atoms with Gasteiger partial charge in [-0.05, 0) is 30.2 Å². The van der Waals surface area contributed by atoms with Gasteiger partial charge in [-0.25, -0.2) is 0 Å². The van der Waals surface area contributed by atoms with Crippen molar-refractivity contribution in [2.24, 2.45) is 0 Å². The standard InChI is InChI=1S/C13H14N2O4S3/c1-8(9-2-4-10(14)5-3-9)11-12(16)15(13(20)21-11)6-7-22(17,18)19/h2-5H,6-7,14H2,1H3,(H,17,18,19)/b11-8+. The fourth-order valence-electron chi connectivity index (χ4n) is 1.89. The van der Waals surface area contributed by atoms with Gasteiger partial charge < -0.3 is 5.73 Å². The van der Waals surface area contributed by atoms with E-state index >= 15 is 0 Å². The molecule has 3 N–H and O–H groups in total. The summed E-state index contributed by atoms with van der Waals surface area (Å²) in [5.41, 5.74) is 7.84. The van der Waals surface area contributed by atoms with E-state index in [9.17, 15) is 13.2 Å². The summed E-state index contributed by atoms with van der Waals surface area (Å²) in [7, 11) is -4.15. The predicted octanol–water partition coefficient (Wildman–Crippen LogP) is 1.75. The minimum absolute atomic E-state index is 0.165. The molecule has 118 valence electrons. The molecule has 0 spiro atoms. The molecule has 1 fully saturated rings. The summed E-state index contributed by atoms with van der Waals surface area (Å²) >= 11 is 6.23. The Kier molecular flexibility index (Phi) is 4.90. The highest BCUT2D eigenvalue weighted by Crippen LogP contribution is 2.36. The molecular formula is C13H14N2O4S3. The van der Waals surface area contributed by atoms with Gasteiger partial charge in [0.2, 0.25) is 0 Å². The number of anilines is 1. The number of nitrogens with zero attached hydrogens (tertiary/aromatic N) is 1. The summed E-state index contributed by atoms with van der Waals surface area (Å²) in [5, 5.41) is 0. The number of hydrogen-bond donors (Lipinski definition) is 2. The van der Waals surface area contributed by atoms with Crippen LogP contribution >= 0.6 is 24.0 Å². The maximum absolute atomic E-state index is 12.4. The number of rotatable bonds is 4. The summed E-state index contributed by atoms with van der Waals surface area (Å²) < 4.78 is 30.7. The summed E-state index contributed by atoms with van der Waals surface area (Å²) in [4.78, 5) is 14.0. The molecule has 0 aromatic heterocycles. The number of amides is 1. The SMILES string of the molecule is C/C(=C1\SC(=S)N(CCS(=O)(=O)O)C1=O)c1ccc(N)cc1. The third-order valence-electron chi connectivity index (χ3n) is 3.11. The minimum Gasteiger partial charge on any atom is -0.399 e. The van der Waals surface area contributed by atoms with E-state index in [1.807, 2.05) is 0 Å². The van der Waals surface area contributed by atoms with E-state index in [4.69, 9.17) is 22.5 Å². The molecule has 1 saturated heterocycles. The van der Waals surface area contributed by atoms with Crippen molar-refractivity contribution in [1.82, 2.24) is 4.90 Å². The summed E-state index contributed by atoms with van der Waals surface area (Å²) in [6.07, 6.45) is 0. The predicted molar refractivity (Wildman–Crippen MR) is 91.8 cm³/mol. The number of allylic oxidation sites excluding steroid dienone is 1. The van der Waals surface area contributed by atoms with Crippen molar-refractivity contribution in [1.29, 1.82) is 0 Å². The van der Waals surface area contributed by atoms with Crippen LogP contribution in [-0.2, 0) is 14.9 Å². The van der Waals surface area contributed by atoms with E-state index in [0.29, 0.717) is 10.6 Å². The van der Waals surface area contributed by atoms with Crippen molar-refractivity contribution < 1.29 is 17.8 Å². The molecule has 6 nitrogen and oxygen atoms in total. The fraction of sp³-hybridized carbons (Fsp3) is 0.231. The first-order valence-corrected chi connectivity index (χ1v) is 9.08. The third-order valence-corrected chi connectivity index (χ3v) is 5.36. The van der Waals surface area contributed by atoms with Gasteiger partial charge in [0, 0.05) is 12.2 Å². The Morgan fingerprint density at radius 2 is 1.95 bits per heavy atom. The number of carbonyl (C=O) groups excluding carboxylic acids is 1. The molecule has 0 radical (unpaired) electrons. The molecule has 0 atom stereocenters. The van der Waals surface area contributed by atoms with Gasteiger partial charge in [-0.2, -0.15) is 8.42 Å². The Hall–Kier alpha value is -1.42. The molecule has 1 aliphatic heterocycles. The lowest BCUT2D eigenvalue weighted by molar-refractivity contribution is -0.121. The molecular weight excluding hydrogens is 344 g/mol. The maximum Gasteiger partial charge on any atom is 0.266 e. The number of carbonyl (C=O) groups is 1. The molecule has 0 bridgehead atoms. The van der Waals surface area contributed by atoms with Crippen molar-refractivity contribution in [3.05, 3.63) is 34.7 Å². The molecule has 1 aromatic rings. The van der Waals surface area contributed by atoms with Crippen molar-refractivity contribution in [3.8, 4) is 0 Å². The molecule has 1 aliphatic rings. The number of nitrogens with two attached hydrogens (primary N) is 1. The van der Waals surface area contributed by atoms with E-state index in [1.54, 1.807) is 31.2 Å². The van der Waals surface area contributed by atoms with Crippen molar-refractivity contribution in [2.75, 3.05) is 18.0 Å². The van der Waals surface area contributed by atoms with Crippen molar-refractivity contribution in [2.45, 2.75) is 6.92 Å². The van der Waals surface area contributed by atoms with Gasteiger partial charge in [0.15, 0.2) is 0 Å². The highest BCUT2D eigenvalue weighted by atomic mass is 32.2. The number of hydrogen-bond acceptors (Lipinski definition) is 6. The number of benzene rings is 1. The average molecular weight is 358 g/mol. The Balaban J connectivity index is 2.26. The number of nitrogen functional groups attached to an aromatic ring is 1. The van der Waals surface area contributed by atoms with Crippen LogP contribution in [0.5, 0.6) is 0 Å². The van der Waals surface area contributed by atoms with Crippen LogP contribution in [0.25, 0.3) is 5.57 Å². The van der Waals surface area contributed by atoms with Crippen LogP contribution in [0.15, 0.2) is 29.2 Å². The highest BCUT2D eigenvalue weighted by molar-refractivity contribution is 8.26. The zero-order valence-electron chi connectivity index (χ0n) is 11.6. The Bertz CT molecular complexity index is 754. The largest absolute Gasteiger partial charge is 0.399 e. The van der Waals surface area contributed by atoms with Crippen LogP contribution in [0.4, 0.5) is 5.69 Å². The van der Waals surface area contributed by atoms with E-state index < -0.39 is 15.9 Å². The topological polar surface area (TPSA) is 101 Å². The number of thioether (sulfide) groups is 1. The smallest absolute Gasteiger partial charge is 0.266 e. The van der Waals surface area contributed by atoms with Gasteiger partial charge >= 0.3 is 0 Å². The van der Waals surface area contributed by atoms with E-state index in [0.717, 1.165) is 22.9 Å². The Morgan fingerprint density at radius 1 is 1.36 bits per heavy atom. The summed E-state index contributed by atoms with van der Waals surface area (Å²) in [6.45, 7) is 1.63. The highest BCUT2D eigenvalue weighted by Gasteiger charge is 2.34. The van der Waals surface area contributed by atoms with Gasteiger partial charge in [-0.3, -0.25) is 14.2 Å². The molecule has 1 heterocycles. The molecule has 0 aliphatic carbocycles. The summed E-state index contributed by atoms with van der Waals surface area (Å²) in [6, 6.07) is 7.07. The Morgan fingerprint density at radius 3 is 2.50 bits per heavy atom. The van der Waals surface area contributed by atoms with E-state index in [1.165, 1.54) is 4.90 Å². The van der Waals surface area contributed by atoms with Crippen LogP contribution < -0.4 is 5.73 Å². The Labute approximate surface area is 138 Å². The second-order valence-electron chi connectivity index (χ2n) is 4.69. The minimum atomic E-state index is -4.15. The van der Waals surface area contributed by atoms with Gasteiger partial charge in [-0.15, -0.1) is 0 Å². The molecule has 0 saturated carbocycles. The van der Waals surface area contributed by atoms with Crippen LogP contribution in [-0.4, -0.2) is 40.4 Å². The molecule has 2 rings (SSSR count). The molecule has 1 aromatic carbocycles. The molecule has 9 heteroatoms. The quantitative estimate of drug-likeness (QED) is 0.366. The van der Waals surface area contributed by atoms with Gasteiger partial charge in [0.05, 0.1) is 10.7 Å². The van der Waals surface area contributed by atoms with E-state index in [-0.39, 0.29) is 16.8 Å². The van der Waals surface area contributed by atoms with Crippen LogP contribution in [0.3, 0.4) is 0 Å². The lowest BCUT2D eigenvalue weighted by Gasteiger charge is -2.13. The van der Waals surface area contributed by atoms with Gasteiger partial charge in [-0.1, -0.05) is 36.1 Å². The molecule has 0 unspecified atom stereocenters.